The Kier molecular flexibility index (Phi) is 7.08. The number of guanidine groups is 1. The lowest BCUT2D eigenvalue weighted by molar-refractivity contribution is -0.119. The van der Waals surface area contributed by atoms with Crippen LogP contribution >= 0.6 is 0 Å². The fourth-order valence-corrected chi connectivity index (χ4v) is 2.99. The van der Waals surface area contributed by atoms with E-state index in [0.717, 1.165) is 38.4 Å². The smallest absolute Gasteiger partial charge is 0.241 e. The Balaban J connectivity index is 2.02. The number of rotatable bonds is 6. The van der Waals surface area contributed by atoms with E-state index in [9.17, 15) is 4.79 Å². The van der Waals surface area contributed by atoms with Crippen LogP contribution in [0.5, 0.6) is 0 Å². The molecule has 134 valence electrons. The van der Waals surface area contributed by atoms with Crippen LogP contribution in [0, 0.1) is 5.92 Å². The van der Waals surface area contributed by atoms with Gasteiger partial charge in [-0.3, -0.25) is 4.79 Å². The summed E-state index contributed by atoms with van der Waals surface area (Å²) in [6.45, 7) is 9.86. The van der Waals surface area contributed by atoms with Gasteiger partial charge in [-0.15, -0.1) is 0 Å². The molecule has 1 fully saturated rings. The topological polar surface area (TPSA) is 74.6 Å². The Morgan fingerprint density at radius 2 is 2.21 bits per heavy atom. The molecular formula is C17H30N6O. The molecule has 1 aliphatic heterocycles. The minimum atomic E-state index is -0.0243. The van der Waals surface area contributed by atoms with Crippen LogP contribution in [0.3, 0.4) is 0 Å². The second kappa shape index (κ2) is 9.30. The van der Waals surface area contributed by atoms with Crippen LogP contribution in [0.2, 0.25) is 0 Å². The fraction of sp³-hybridized carbons (Fsp3) is 0.706. The average Bonchev–Trinajstić information content (AvgIpc) is 3.11. The third-order valence-corrected chi connectivity index (χ3v) is 4.41. The van der Waals surface area contributed by atoms with Gasteiger partial charge in [0, 0.05) is 38.6 Å². The Morgan fingerprint density at radius 1 is 1.38 bits per heavy atom. The highest BCUT2D eigenvalue weighted by molar-refractivity contribution is 5.85. The van der Waals surface area contributed by atoms with Gasteiger partial charge in [0.25, 0.3) is 0 Å². The highest BCUT2D eigenvalue weighted by Gasteiger charge is 2.28. The molecule has 0 spiro atoms. The van der Waals surface area contributed by atoms with Crippen LogP contribution < -0.4 is 10.6 Å². The summed E-state index contributed by atoms with van der Waals surface area (Å²) in [5.41, 5.74) is 0. The summed E-state index contributed by atoms with van der Waals surface area (Å²) >= 11 is 0. The number of hydrogen-bond donors (Lipinski definition) is 2. The number of piperidine rings is 1. The Labute approximate surface area is 144 Å². The fourth-order valence-electron chi connectivity index (χ4n) is 2.99. The molecule has 0 saturated carbocycles. The van der Waals surface area contributed by atoms with Crippen LogP contribution in [0.4, 0.5) is 0 Å². The molecule has 2 unspecified atom stereocenters. The van der Waals surface area contributed by atoms with Crippen molar-refractivity contribution in [2.75, 3.05) is 32.7 Å². The van der Waals surface area contributed by atoms with Gasteiger partial charge in [-0.25, -0.2) is 9.98 Å². The third-order valence-electron chi connectivity index (χ3n) is 4.41. The number of aliphatic imine (C=N–C) groups is 1. The van der Waals surface area contributed by atoms with E-state index in [1.165, 1.54) is 0 Å². The predicted octanol–water partition coefficient (Wildman–Crippen LogP) is 1.26. The van der Waals surface area contributed by atoms with Crippen molar-refractivity contribution in [3.8, 4) is 0 Å². The number of nitrogens with one attached hydrogen (secondary N) is 2. The van der Waals surface area contributed by atoms with Gasteiger partial charge >= 0.3 is 0 Å². The summed E-state index contributed by atoms with van der Waals surface area (Å²) in [5, 5.41) is 6.18. The summed E-state index contributed by atoms with van der Waals surface area (Å²) in [6, 6.07) is 0.374. The lowest BCUT2D eigenvalue weighted by atomic mass is 9.93. The molecule has 2 rings (SSSR count). The first-order chi connectivity index (χ1) is 11.7. The molecular weight excluding hydrogens is 304 g/mol. The molecule has 2 heterocycles. The summed E-state index contributed by atoms with van der Waals surface area (Å²) < 4.78 is 2.17. The minimum absolute atomic E-state index is 0.0243. The summed E-state index contributed by atoms with van der Waals surface area (Å²) in [7, 11) is 0. The van der Waals surface area contributed by atoms with E-state index in [1.807, 2.05) is 32.6 Å². The van der Waals surface area contributed by atoms with Gasteiger partial charge < -0.3 is 20.1 Å². The van der Waals surface area contributed by atoms with Crippen LogP contribution in [0.1, 0.15) is 39.7 Å². The lowest BCUT2D eigenvalue weighted by Crippen LogP contribution is -2.49. The summed E-state index contributed by atoms with van der Waals surface area (Å²) in [6.07, 6.45) is 7.75. The number of imidazole rings is 1. The molecule has 1 aliphatic rings. The molecule has 0 aromatic carbocycles. The van der Waals surface area contributed by atoms with Gasteiger partial charge in [-0.1, -0.05) is 13.8 Å². The van der Waals surface area contributed by atoms with E-state index in [0.29, 0.717) is 18.5 Å². The van der Waals surface area contributed by atoms with E-state index >= 15 is 0 Å². The first kappa shape index (κ1) is 18.3. The van der Waals surface area contributed by atoms with Crippen molar-refractivity contribution < 1.29 is 4.79 Å². The average molecular weight is 334 g/mol. The van der Waals surface area contributed by atoms with Crippen molar-refractivity contribution in [3.05, 3.63) is 18.7 Å². The van der Waals surface area contributed by atoms with Crippen molar-refractivity contribution in [1.29, 1.82) is 0 Å². The van der Waals surface area contributed by atoms with Gasteiger partial charge in [0.1, 0.15) is 6.54 Å². The number of likely N-dealkylation sites (tertiary alicyclic amines) is 1. The van der Waals surface area contributed by atoms with Crippen molar-refractivity contribution in [2.45, 2.75) is 39.7 Å². The first-order valence-electron chi connectivity index (χ1n) is 8.93. The maximum atomic E-state index is 11.8. The zero-order valence-electron chi connectivity index (χ0n) is 15.0. The third kappa shape index (κ3) is 4.97. The van der Waals surface area contributed by atoms with Gasteiger partial charge in [0.2, 0.25) is 5.91 Å². The largest absolute Gasteiger partial charge is 0.357 e. The first-order valence-corrected chi connectivity index (χ1v) is 8.93. The molecule has 2 N–H and O–H groups in total. The Morgan fingerprint density at radius 3 is 2.88 bits per heavy atom. The number of nitrogens with zero attached hydrogens (tertiary/aromatic N) is 4. The summed E-state index contributed by atoms with van der Waals surface area (Å²) in [5.74, 6) is 1.39. The number of carbonyl (C=O) groups excluding carboxylic acids is 1. The molecule has 7 heteroatoms. The molecule has 24 heavy (non-hydrogen) atoms. The second-order valence-corrected chi connectivity index (χ2v) is 6.31. The Hall–Kier alpha value is -2.05. The standard InChI is InChI=1S/C17H30N6O/c1-4-7-20-16(24)11-21-17(19-5-2)22-9-6-14(3)15(12-22)23-10-8-18-13-23/h8,10,13-15H,4-7,9,11-12H2,1-3H3,(H,19,21)(H,20,24). The number of amides is 1. The van der Waals surface area contributed by atoms with Crippen LogP contribution in [0.25, 0.3) is 0 Å². The predicted molar refractivity (Wildman–Crippen MR) is 95.9 cm³/mol. The number of aromatic nitrogens is 2. The highest BCUT2D eigenvalue weighted by Crippen LogP contribution is 2.27. The lowest BCUT2D eigenvalue weighted by Gasteiger charge is -2.39. The van der Waals surface area contributed by atoms with Gasteiger partial charge in [-0.2, -0.15) is 0 Å². The van der Waals surface area contributed by atoms with Gasteiger partial charge in [0.05, 0.1) is 12.4 Å². The van der Waals surface area contributed by atoms with Gasteiger partial charge in [-0.05, 0) is 25.7 Å². The molecule has 2 atom stereocenters. The van der Waals surface area contributed by atoms with Crippen LogP contribution in [-0.4, -0.2) is 59.0 Å². The molecule has 0 bridgehead atoms. The summed E-state index contributed by atoms with van der Waals surface area (Å²) in [4.78, 5) is 22.8. The van der Waals surface area contributed by atoms with Crippen molar-refractivity contribution >= 4 is 11.9 Å². The molecule has 1 aromatic heterocycles. The number of hydrogen-bond acceptors (Lipinski definition) is 3. The molecule has 1 saturated heterocycles. The normalized spacial score (nSPS) is 21.6. The molecule has 1 amide bonds. The van der Waals surface area contributed by atoms with E-state index < -0.39 is 0 Å². The van der Waals surface area contributed by atoms with E-state index in [4.69, 9.17) is 0 Å². The quantitative estimate of drug-likeness (QED) is 0.607. The van der Waals surface area contributed by atoms with Crippen molar-refractivity contribution in [3.63, 3.8) is 0 Å². The van der Waals surface area contributed by atoms with E-state index in [1.54, 1.807) is 0 Å². The molecule has 1 aromatic rings. The maximum Gasteiger partial charge on any atom is 0.241 e. The highest BCUT2D eigenvalue weighted by atomic mass is 16.1. The zero-order chi connectivity index (χ0) is 17.4. The van der Waals surface area contributed by atoms with Gasteiger partial charge in [0.15, 0.2) is 5.96 Å². The van der Waals surface area contributed by atoms with Crippen LogP contribution in [-0.2, 0) is 4.79 Å². The van der Waals surface area contributed by atoms with Crippen molar-refractivity contribution in [2.24, 2.45) is 10.9 Å². The van der Waals surface area contributed by atoms with E-state index in [-0.39, 0.29) is 12.5 Å². The van der Waals surface area contributed by atoms with E-state index in [2.05, 4.69) is 37.0 Å². The molecule has 0 aliphatic carbocycles. The maximum absolute atomic E-state index is 11.8. The monoisotopic (exact) mass is 334 g/mol. The zero-order valence-corrected chi connectivity index (χ0v) is 15.0. The Bertz CT molecular complexity index is 527. The SMILES string of the molecule is CCCNC(=O)CN=C(NCC)N1CCC(C)C(n2ccnc2)C1. The molecule has 7 nitrogen and oxygen atoms in total. The van der Waals surface area contributed by atoms with Crippen molar-refractivity contribution in [1.82, 2.24) is 25.1 Å². The second-order valence-electron chi connectivity index (χ2n) is 6.31. The van der Waals surface area contributed by atoms with Crippen LogP contribution in [0.15, 0.2) is 23.7 Å². The number of carbonyl (C=O) groups is 1. The minimum Gasteiger partial charge on any atom is -0.357 e. The molecule has 0 radical (unpaired) electrons.